The van der Waals surface area contributed by atoms with Crippen molar-refractivity contribution in [2.45, 2.75) is 25.6 Å². The topological polar surface area (TPSA) is 58.3 Å². The van der Waals surface area contributed by atoms with Crippen LogP contribution in [0.2, 0.25) is 5.02 Å². The van der Waals surface area contributed by atoms with Crippen LogP contribution >= 0.6 is 11.6 Å². The Morgan fingerprint density at radius 3 is 2.81 bits per heavy atom. The Morgan fingerprint density at radius 2 is 2.07 bits per heavy atom. The summed E-state index contributed by atoms with van der Waals surface area (Å²) in [6, 6.07) is 2.93. The number of fused-ring (bicyclic) bond motifs is 1. The van der Waals surface area contributed by atoms with Crippen molar-refractivity contribution in [1.82, 2.24) is 19.6 Å². The number of hydrogen-bond donors (Lipinski definition) is 1. The number of anilines is 2. The summed E-state index contributed by atoms with van der Waals surface area (Å²) < 4.78 is 40.1. The first-order valence-corrected chi connectivity index (χ1v) is 8.74. The number of rotatable bonds is 3. The highest BCUT2D eigenvalue weighted by molar-refractivity contribution is 6.33. The van der Waals surface area contributed by atoms with Crippen LogP contribution in [0.1, 0.15) is 17.7 Å². The van der Waals surface area contributed by atoms with Gasteiger partial charge >= 0.3 is 6.18 Å². The summed E-state index contributed by atoms with van der Waals surface area (Å²) in [6.07, 6.45) is 0.593. The highest BCUT2D eigenvalue weighted by Gasteiger charge is 2.33. The highest BCUT2D eigenvalue weighted by Crippen LogP contribution is 2.34. The Labute approximate surface area is 158 Å². The van der Waals surface area contributed by atoms with E-state index in [1.807, 2.05) is 17.9 Å². The van der Waals surface area contributed by atoms with Gasteiger partial charge in [0, 0.05) is 37.7 Å². The average molecular weight is 397 g/mol. The van der Waals surface area contributed by atoms with E-state index >= 15 is 0 Å². The molecule has 0 saturated carbocycles. The molecule has 10 heteroatoms. The van der Waals surface area contributed by atoms with Crippen molar-refractivity contribution in [1.29, 1.82) is 0 Å². The molecule has 0 aromatic carbocycles. The lowest BCUT2D eigenvalue weighted by Gasteiger charge is -2.20. The molecule has 3 aromatic rings. The van der Waals surface area contributed by atoms with E-state index < -0.39 is 11.7 Å². The molecule has 0 bridgehead atoms. The lowest BCUT2D eigenvalue weighted by atomic mass is 10.2. The van der Waals surface area contributed by atoms with Crippen LogP contribution in [0, 0.1) is 6.92 Å². The lowest BCUT2D eigenvalue weighted by Crippen LogP contribution is -2.27. The molecule has 1 N–H and O–H groups in total. The molecule has 0 radical (unpaired) electrons. The number of aryl methyl sites for hydroxylation is 1. The second-order valence-electron chi connectivity index (χ2n) is 6.49. The standard InChI is InChI=1S/C17H16ClF3N6/c1-10-6-14-15(22-3-5-27(14)25-10)24-12-2-4-26(9-12)16-13(18)7-11(8-23-16)17(19,20)21/h3,5-8,12H,2,4,9H2,1H3,(H,22,24). The molecule has 1 saturated heterocycles. The van der Waals surface area contributed by atoms with Gasteiger partial charge in [-0.05, 0) is 25.5 Å². The summed E-state index contributed by atoms with van der Waals surface area (Å²) in [4.78, 5) is 10.2. The third-order valence-electron chi connectivity index (χ3n) is 4.49. The molecule has 0 amide bonds. The number of aromatic nitrogens is 4. The lowest BCUT2D eigenvalue weighted by molar-refractivity contribution is -0.137. The normalized spacial score (nSPS) is 17.7. The van der Waals surface area contributed by atoms with E-state index in [4.69, 9.17) is 11.6 Å². The molecule has 1 fully saturated rings. The van der Waals surface area contributed by atoms with Gasteiger partial charge in [-0.15, -0.1) is 0 Å². The van der Waals surface area contributed by atoms with Crippen LogP contribution in [0.15, 0.2) is 30.7 Å². The van der Waals surface area contributed by atoms with Crippen molar-refractivity contribution in [2.75, 3.05) is 23.3 Å². The molecule has 0 aliphatic carbocycles. The SMILES string of the molecule is Cc1cc2c(NC3CCN(c4ncc(C(F)(F)F)cc4Cl)C3)nccn2n1. The van der Waals surface area contributed by atoms with E-state index in [-0.39, 0.29) is 11.1 Å². The Kier molecular flexibility index (Phi) is 4.33. The van der Waals surface area contributed by atoms with Gasteiger partial charge in [-0.2, -0.15) is 18.3 Å². The third-order valence-corrected chi connectivity index (χ3v) is 4.77. The van der Waals surface area contributed by atoms with Gasteiger partial charge in [0.2, 0.25) is 0 Å². The van der Waals surface area contributed by atoms with Crippen LogP contribution < -0.4 is 10.2 Å². The number of pyridine rings is 1. The van der Waals surface area contributed by atoms with Crippen molar-refractivity contribution in [2.24, 2.45) is 0 Å². The van der Waals surface area contributed by atoms with Crippen LogP contribution in [0.25, 0.3) is 5.52 Å². The summed E-state index contributed by atoms with van der Waals surface area (Å²) in [6.45, 7) is 3.11. The van der Waals surface area contributed by atoms with Gasteiger partial charge in [0.25, 0.3) is 0 Å². The van der Waals surface area contributed by atoms with Crippen molar-refractivity contribution in [3.8, 4) is 0 Å². The average Bonchev–Trinajstić information content (AvgIpc) is 3.20. The third kappa shape index (κ3) is 3.51. The van der Waals surface area contributed by atoms with Crippen molar-refractivity contribution < 1.29 is 13.2 Å². The predicted molar refractivity (Wildman–Crippen MR) is 96.2 cm³/mol. The van der Waals surface area contributed by atoms with Crippen LogP contribution in [-0.2, 0) is 6.18 Å². The summed E-state index contributed by atoms with van der Waals surface area (Å²) in [5, 5.41) is 7.74. The number of nitrogens with one attached hydrogen (secondary N) is 1. The molecule has 3 aromatic heterocycles. The molecule has 27 heavy (non-hydrogen) atoms. The van der Waals surface area contributed by atoms with Gasteiger partial charge in [-0.3, -0.25) is 0 Å². The Bertz CT molecular complexity index is 986. The fourth-order valence-corrected chi connectivity index (χ4v) is 3.52. The van der Waals surface area contributed by atoms with E-state index in [1.165, 1.54) is 0 Å². The van der Waals surface area contributed by atoms with E-state index in [0.29, 0.717) is 18.9 Å². The molecular weight excluding hydrogens is 381 g/mol. The highest BCUT2D eigenvalue weighted by atomic mass is 35.5. The zero-order chi connectivity index (χ0) is 19.2. The van der Waals surface area contributed by atoms with Crippen LogP contribution in [0.4, 0.5) is 24.8 Å². The van der Waals surface area contributed by atoms with Crippen molar-refractivity contribution in [3.05, 3.63) is 47.0 Å². The molecule has 142 valence electrons. The molecule has 6 nitrogen and oxygen atoms in total. The molecule has 1 atom stereocenters. The fourth-order valence-electron chi connectivity index (χ4n) is 3.24. The maximum atomic E-state index is 12.8. The van der Waals surface area contributed by atoms with Gasteiger partial charge < -0.3 is 10.2 Å². The number of halogens is 4. The van der Waals surface area contributed by atoms with Crippen LogP contribution in [-0.4, -0.2) is 38.7 Å². The molecule has 1 unspecified atom stereocenters. The molecule has 0 spiro atoms. The minimum absolute atomic E-state index is 0.00267. The van der Waals surface area contributed by atoms with Gasteiger partial charge in [-0.25, -0.2) is 14.5 Å². The van der Waals surface area contributed by atoms with E-state index in [2.05, 4.69) is 20.4 Å². The van der Waals surface area contributed by atoms with Gasteiger partial charge in [0.05, 0.1) is 16.3 Å². The minimum atomic E-state index is -4.46. The van der Waals surface area contributed by atoms with Gasteiger partial charge in [-0.1, -0.05) is 11.6 Å². The Morgan fingerprint density at radius 1 is 1.26 bits per heavy atom. The second-order valence-corrected chi connectivity index (χ2v) is 6.90. The monoisotopic (exact) mass is 396 g/mol. The summed E-state index contributed by atoms with van der Waals surface area (Å²) >= 11 is 6.06. The first kappa shape index (κ1) is 17.8. The summed E-state index contributed by atoms with van der Waals surface area (Å²) in [5.41, 5.74) is 0.913. The molecule has 1 aliphatic rings. The second kappa shape index (κ2) is 6.56. The first-order chi connectivity index (χ1) is 12.8. The Balaban J connectivity index is 1.50. The molecule has 1 aliphatic heterocycles. The first-order valence-electron chi connectivity index (χ1n) is 8.36. The zero-order valence-electron chi connectivity index (χ0n) is 14.3. The molecule has 4 rings (SSSR count). The van der Waals surface area contributed by atoms with E-state index in [1.54, 1.807) is 16.9 Å². The largest absolute Gasteiger partial charge is 0.417 e. The number of nitrogens with zero attached hydrogens (tertiary/aromatic N) is 5. The quantitative estimate of drug-likeness (QED) is 0.729. The number of hydrogen-bond acceptors (Lipinski definition) is 5. The van der Waals surface area contributed by atoms with Crippen LogP contribution in [0.5, 0.6) is 0 Å². The molecular formula is C17H16ClF3N6. The van der Waals surface area contributed by atoms with Crippen molar-refractivity contribution >= 4 is 28.8 Å². The summed E-state index contributed by atoms with van der Waals surface area (Å²) in [7, 11) is 0. The minimum Gasteiger partial charge on any atom is -0.364 e. The smallest absolute Gasteiger partial charge is 0.364 e. The predicted octanol–water partition coefficient (Wildman–Crippen LogP) is 3.80. The fraction of sp³-hybridized carbons (Fsp3) is 0.353. The molecule has 4 heterocycles. The van der Waals surface area contributed by atoms with Gasteiger partial charge in [0.15, 0.2) is 5.82 Å². The van der Waals surface area contributed by atoms with Crippen molar-refractivity contribution in [3.63, 3.8) is 0 Å². The zero-order valence-corrected chi connectivity index (χ0v) is 15.1. The maximum Gasteiger partial charge on any atom is 0.417 e. The maximum absolute atomic E-state index is 12.8. The van der Waals surface area contributed by atoms with E-state index in [0.717, 1.165) is 35.7 Å². The summed E-state index contributed by atoms with van der Waals surface area (Å²) in [5.74, 6) is 1.08. The number of alkyl halides is 3. The van der Waals surface area contributed by atoms with Crippen LogP contribution in [0.3, 0.4) is 0 Å². The Hall–Kier alpha value is -2.55. The van der Waals surface area contributed by atoms with E-state index in [9.17, 15) is 13.2 Å². The van der Waals surface area contributed by atoms with Gasteiger partial charge in [0.1, 0.15) is 11.3 Å².